The van der Waals surface area contributed by atoms with Crippen molar-refractivity contribution in [2.45, 2.75) is 52.7 Å². The maximum atomic E-state index is 12.5. The summed E-state index contributed by atoms with van der Waals surface area (Å²) >= 11 is 0. The third kappa shape index (κ3) is 4.96. The molecule has 1 aromatic carbocycles. The second kappa shape index (κ2) is 7.89. The van der Waals surface area contributed by atoms with Crippen LogP contribution in [0, 0.1) is 5.41 Å². The van der Waals surface area contributed by atoms with E-state index < -0.39 is 17.7 Å². The van der Waals surface area contributed by atoms with Crippen LogP contribution < -0.4 is 5.32 Å². The predicted molar refractivity (Wildman–Crippen MR) is 109 cm³/mol. The van der Waals surface area contributed by atoms with Crippen molar-refractivity contribution in [1.82, 2.24) is 9.88 Å². The third-order valence-corrected chi connectivity index (χ3v) is 5.01. The molecule has 2 aromatic rings. The number of aldehydes is 1. The first-order chi connectivity index (χ1) is 13.7. The van der Waals surface area contributed by atoms with Gasteiger partial charge in [-0.3, -0.25) is 4.79 Å². The molecule has 0 radical (unpaired) electrons. The second-order valence-electron chi connectivity index (χ2n) is 8.63. The molecule has 0 bridgehead atoms. The number of carbonyl (C=O) groups is 3. The molecule has 1 saturated carbocycles. The summed E-state index contributed by atoms with van der Waals surface area (Å²) in [5.74, 6) is -0.396. The fraction of sp³-hybridized carbons (Fsp3) is 0.500. The zero-order valence-electron chi connectivity index (χ0n) is 17.4. The molecule has 0 aliphatic heterocycles. The summed E-state index contributed by atoms with van der Waals surface area (Å²) in [7, 11) is 0. The summed E-state index contributed by atoms with van der Waals surface area (Å²) in [6.07, 6.45) is 2.20. The summed E-state index contributed by atoms with van der Waals surface area (Å²) in [5, 5.41) is 3.72. The lowest BCUT2D eigenvalue weighted by molar-refractivity contribution is 0.0494. The van der Waals surface area contributed by atoms with E-state index in [4.69, 9.17) is 9.47 Å². The Balaban J connectivity index is 1.85. The van der Waals surface area contributed by atoms with Crippen molar-refractivity contribution >= 4 is 29.3 Å². The largest absolute Gasteiger partial charge is 0.461 e. The number of amides is 1. The lowest BCUT2D eigenvalue weighted by atomic mass is 10.1. The molecule has 156 valence electrons. The van der Waals surface area contributed by atoms with Crippen LogP contribution in [0.4, 0.5) is 4.79 Å². The number of esters is 1. The topological polar surface area (TPSA) is 86.6 Å². The molecule has 0 spiro atoms. The van der Waals surface area contributed by atoms with Gasteiger partial charge in [0.25, 0.3) is 0 Å². The lowest BCUT2D eigenvalue weighted by Gasteiger charge is -2.23. The molecule has 7 heteroatoms. The Morgan fingerprint density at radius 3 is 2.55 bits per heavy atom. The molecule has 1 heterocycles. The number of alkyl carbamates (subject to hydrolysis) is 1. The molecular weight excluding hydrogens is 372 g/mol. The van der Waals surface area contributed by atoms with Crippen LogP contribution in [0.25, 0.3) is 10.9 Å². The first kappa shape index (κ1) is 20.9. The van der Waals surface area contributed by atoms with Crippen LogP contribution in [0.5, 0.6) is 0 Å². The molecular formula is C22H28N2O5. The SMILES string of the molecule is CCOC(=O)c1cc2ccc(C=O)cc2n1CC1(CNC(=O)OC(C)(C)C)CC1. The Kier molecular flexibility index (Phi) is 5.68. The fourth-order valence-corrected chi connectivity index (χ4v) is 3.37. The van der Waals surface area contributed by atoms with Crippen molar-refractivity contribution in [3.8, 4) is 0 Å². The highest BCUT2D eigenvalue weighted by Gasteiger charge is 2.44. The van der Waals surface area contributed by atoms with Gasteiger partial charge in [-0.2, -0.15) is 0 Å². The second-order valence-corrected chi connectivity index (χ2v) is 8.63. The number of carbonyl (C=O) groups excluding carboxylic acids is 3. The molecule has 0 saturated heterocycles. The number of aromatic nitrogens is 1. The van der Waals surface area contributed by atoms with E-state index in [1.165, 1.54) is 0 Å². The Morgan fingerprint density at radius 2 is 1.97 bits per heavy atom. The number of rotatable bonds is 7. The number of fused-ring (bicyclic) bond motifs is 1. The number of ether oxygens (including phenoxy) is 2. The minimum absolute atomic E-state index is 0.152. The van der Waals surface area contributed by atoms with E-state index in [-0.39, 0.29) is 12.0 Å². The maximum Gasteiger partial charge on any atom is 0.407 e. The van der Waals surface area contributed by atoms with Gasteiger partial charge in [-0.15, -0.1) is 0 Å². The molecule has 1 aliphatic carbocycles. The molecule has 0 unspecified atom stereocenters. The first-order valence-corrected chi connectivity index (χ1v) is 9.89. The van der Waals surface area contributed by atoms with Crippen LogP contribution in [0.2, 0.25) is 0 Å². The van der Waals surface area contributed by atoms with Gasteiger partial charge in [0.2, 0.25) is 0 Å². The highest BCUT2D eigenvalue weighted by atomic mass is 16.6. The standard InChI is InChI=1S/C22H28N2O5/c1-5-28-19(26)18-11-16-7-6-15(12-25)10-17(16)24(18)14-22(8-9-22)13-23-20(27)29-21(2,3)4/h6-7,10-12H,5,8-9,13-14H2,1-4H3,(H,23,27). The van der Waals surface area contributed by atoms with Crippen LogP contribution in [0.15, 0.2) is 24.3 Å². The van der Waals surface area contributed by atoms with Crippen LogP contribution in [-0.2, 0) is 16.0 Å². The Hall–Kier alpha value is -2.83. The van der Waals surface area contributed by atoms with Crippen molar-refractivity contribution < 1.29 is 23.9 Å². The average Bonchev–Trinajstić information content (AvgIpc) is 3.33. The first-order valence-electron chi connectivity index (χ1n) is 9.89. The molecule has 1 N–H and O–H groups in total. The fourth-order valence-electron chi connectivity index (χ4n) is 3.37. The third-order valence-electron chi connectivity index (χ3n) is 5.01. The molecule has 1 aliphatic rings. The number of hydrogen-bond acceptors (Lipinski definition) is 5. The van der Waals surface area contributed by atoms with Gasteiger partial charge in [0.05, 0.1) is 6.61 Å². The zero-order chi connectivity index (χ0) is 21.2. The number of nitrogens with zero attached hydrogens (tertiary/aromatic N) is 1. The van der Waals surface area contributed by atoms with Gasteiger partial charge in [0.15, 0.2) is 0 Å². The smallest absolute Gasteiger partial charge is 0.407 e. The summed E-state index contributed by atoms with van der Waals surface area (Å²) in [6, 6.07) is 7.13. The Morgan fingerprint density at radius 1 is 1.24 bits per heavy atom. The minimum Gasteiger partial charge on any atom is -0.461 e. The Labute approximate surface area is 170 Å². The molecule has 1 amide bonds. The summed E-state index contributed by atoms with van der Waals surface area (Å²) in [5.41, 5.74) is 1.10. The normalized spacial score (nSPS) is 15.0. The van der Waals surface area contributed by atoms with Gasteiger partial charge in [-0.25, -0.2) is 9.59 Å². The lowest BCUT2D eigenvalue weighted by Crippen LogP contribution is -2.37. The van der Waals surface area contributed by atoms with Crippen molar-refractivity contribution in [1.29, 1.82) is 0 Å². The Bertz CT molecular complexity index is 935. The predicted octanol–water partition coefficient (Wildman–Crippen LogP) is 3.94. The van der Waals surface area contributed by atoms with Gasteiger partial charge in [-0.1, -0.05) is 12.1 Å². The molecule has 29 heavy (non-hydrogen) atoms. The van der Waals surface area contributed by atoms with E-state index in [1.54, 1.807) is 25.1 Å². The van der Waals surface area contributed by atoms with Gasteiger partial charge >= 0.3 is 12.1 Å². The van der Waals surface area contributed by atoms with Crippen molar-refractivity contribution in [2.24, 2.45) is 5.41 Å². The highest BCUT2D eigenvalue weighted by Crippen LogP contribution is 2.47. The molecule has 0 atom stereocenters. The van der Waals surface area contributed by atoms with E-state index in [1.807, 2.05) is 31.4 Å². The maximum absolute atomic E-state index is 12.5. The average molecular weight is 400 g/mol. The van der Waals surface area contributed by atoms with Crippen LogP contribution >= 0.6 is 0 Å². The van der Waals surface area contributed by atoms with Crippen LogP contribution in [0.3, 0.4) is 0 Å². The highest BCUT2D eigenvalue weighted by molar-refractivity contribution is 5.97. The van der Waals surface area contributed by atoms with Gasteiger partial charge < -0.3 is 19.4 Å². The quantitative estimate of drug-likeness (QED) is 0.562. The van der Waals surface area contributed by atoms with Crippen LogP contribution in [0.1, 0.15) is 61.4 Å². The summed E-state index contributed by atoms with van der Waals surface area (Å²) in [6.45, 7) is 8.51. The van der Waals surface area contributed by atoms with Crippen LogP contribution in [-0.4, -0.2) is 41.7 Å². The van der Waals surface area contributed by atoms with Crippen molar-refractivity contribution in [2.75, 3.05) is 13.2 Å². The van der Waals surface area contributed by atoms with E-state index in [0.717, 1.165) is 30.0 Å². The van der Waals surface area contributed by atoms with Crippen molar-refractivity contribution in [3.63, 3.8) is 0 Å². The minimum atomic E-state index is -0.556. The zero-order valence-corrected chi connectivity index (χ0v) is 17.4. The van der Waals surface area contributed by atoms with E-state index in [2.05, 4.69) is 5.32 Å². The van der Waals surface area contributed by atoms with E-state index in [9.17, 15) is 14.4 Å². The van der Waals surface area contributed by atoms with E-state index >= 15 is 0 Å². The molecule has 3 rings (SSSR count). The molecule has 1 fully saturated rings. The molecule has 1 aromatic heterocycles. The van der Waals surface area contributed by atoms with Gasteiger partial charge in [0.1, 0.15) is 17.6 Å². The monoisotopic (exact) mass is 400 g/mol. The summed E-state index contributed by atoms with van der Waals surface area (Å²) in [4.78, 5) is 35.8. The summed E-state index contributed by atoms with van der Waals surface area (Å²) < 4.78 is 12.5. The molecule has 7 nitrogen and oxygen atoms in total. The van der Waals surface area contributed by atoms with Gasteiger partial charge in [0, 0.05) is 35.0 Å². The van der Waals surface area contributed by atoms with E-state index in [0.29, 0.717) is 24.3 Å². The van der Waals surface area contributed by atoms with Crippen molar-refractivity contribution in [3.05, 3.63) is 35.5 Å². The number of nitrogens with one attached hydrogen (secondary N) is 1. The van der Waals surface area contributed by atoms with Gasteiger partial charge in [-0.05, 0) is 52.7 Å². The number of benzene rings is 1. The number of hydrogen-bond donors (Lipinski definition) is 1.